The zero-order valence-corrected chi connectivity index (χ0v) is 15.7. The van der Waals surface area contributed by atoms with Crippen molar-refractivity contribution in [1.29, 1.82) is 0 Å². The van der Waals surface area contributed by atoms with E-state index in [1.165, 1.54) is 0 Å². The summed E-state index contributed by atoms with van der Waals surface area (Å²) >= 11 is 0. The minimum Gasteiger partial charge on any atom is -0.327 e. The molecule has 2 heterocycles. The third kappa shape index (κ3) is 3.67. The molecule has 0 unspecified atom stereocenters. The first-order valence-electron chi connectivity index (χ1n) is 9.33. The van der Waals surface area contributed by atoms with Crippen molar-refractivity contribution in [2.45, 2.75) is 26.1 Å². The fourth-order valence-corrected chi connectivity index (χ4v) is 3.52. The van der Waals surface area contributed by atoms with E-state index in [-0.39, 0.29) is 18.4 Å². The Balaban J connectivity index is 1.48. The van der Waals surface area contributed by atoms with Crippen LogP contribution in [0.1, 0.15) is 18.1 Å². The predicted octanol–water partition coefficient (Wildman–Crippen LogP) is 2.63. The van der Waals surface area contributed by atoms with E-state index < -0.39 is 6.04 Å². The second kappa shape index (κ2) is 7.68. The normalized spacial score (nSPS) is 17.2. The van der Waals surface area contributed by atoms with Gasteiger partial charge in [-0.1, -0.05) is 42.5 Å². The second-order valence-corrected chi connectivity index (χ2v) is 7.00. The molecule has 1 aliphatic rings. The summed E-state index contributed by atoms with van der Waals surface area (Å²) in [6.07, 6.45) is 3.60. The van der Waals surface area contributed by atoms with Gasteiger partial charge in [0.05, 0.1) is 5.69 Å². The first-order valence-corrected chi connectivity index (χ1v) is 9.33. The molecule has 4 rings (SSSR count). The maximum atomic E-state index is 12.8. The van der Waals surface area contributed by atoms with E-state index in [2.05, 4.69) is 5.10 Å². The average Bonchev–Trinajstić information content (AvgIpc) is 3.25. The molecule has 0 spiro atoms. The van der Waals surface area contributed by atoms with Gasteiger partial charge in [-0.3, -0.25) is 9.59 Å². The number of amides is 2. The van der Waals surface area contributed by atoms with Crippen molar-refractivity contribution >= 4 is 11.8 Å². The predicted molar refractivity (Wildman–Crippen MR) is 105 cm³/mol. The van der Waals surface area contributed by atoms with Gasteiger partial charge in [-0.05, 0) is 36.2 Å². The zero-order chi connectivity index (χ0) is 19.5. The molecule has 0 radical (unpaired) electrons. The molecule has 1 aromatic heterocycles. The highest BCUT2D eigenvalue weighted by molar-refractivity contribution is 5.94. The van der Waals surface area contributed by atoms with Crippen LogP contribution in [0.25, 0.3) is 5.69 Å². The third-order valence-electron chi connectivity index (χ3n) is 5.03. The molecular weight excluding hydrogens is 352 g/mol. The molecule has 1 fully saturated rings. The molecule has 1 saturated heterocycles. The quantitative estimate of drug-likeness (QED) is 0.690. The lowest BCUT2D eigenvalue weighted by Gasteiger charge is -2.39. The van der Waals surface area contributed by atoms with Crippen molar-refractivity contribution in [3.05, 3.63) is 84.2 Å². The lowest BCUT2D eigenvalue weighted by molar-refractivity contribution is -0.156. The van der Waals surface area contributed by atoms with E-state index in [0.29, 0.717) is 13.1 Å². The fourth-order valence-electron chi connectivity index (χ4n) is 3.52. The summed E-state index contributed by atoms with van der Waals surface area (Å²) < 4.78 is 1.78. The van der Waals surface area contributed by atoms with Crippen LogP contribution in [-0.2, 0) is 22.7 Å². The number of benzene rings is 2. The molecule has 6 nitrogen and oxygen atoms in total. The van der Waals surface area contributed by atoms with Gasteiger partial charge in [0.15, 0.2) is 0 Å². The standard InChI is InChI=1S/C22H22N4O2/c1-17-22(28)24(14-18-7-3-2-4-8-18)16-21(27)25(17)15-19-9-5-10-20(13-19)26-12-6-11-23-26/h2-13,17H,14-16H2,1H3/t17-/m1/s1. The monoisotopic (exact) mass is 374 g/mol. The summed E-state index contributed by atoms with van der Waals surface area (Å²) in [4.78, 5) is 28.9. The summed E-state index contributed by atoms with van der Waals surface area (Å²) in [7, 11) is 0. The van der Waals surface area contributed by atoms with E-state index in [0.717, 1.165) is 16.8 Å². The summed E-state index contributed by atoms with van der Waals surface area (Å²) in [6.45, 7) is 2.77. The highest BCUT2D eigenvalue weighted by atomic mass is 16.2. The largest absolute Gasteiger partial charge is 0.327 e. The Hall–Kier alpha value is -3.41. The van der Waals surface area contributed by atoms with E-state index in [4.69, 9.17) is 0 Å². The van der Waals surface area contributed by atoms with Crippen LogP contribution in [0, 0.1) is 0 Å². The Morgan fingerprint density at radius 3 is 2.50 bits per heavy atom. The molecular formula is C22H22N4O2. The highest BCUT2D eigenvalue weighted by Gasteiger charge is 2.36. The molecule has 1 aliphatic heterocycles. The molecule has 1 atom stereocenters. The number of piperazine rings is 1. The minimum atomic E-state index is -0.488. The van der Waals surface area contributed by atoms with Gasteiger partial charge in [0.1, 0.15) is 12.6 Å². The second-order valence-electron chi connectivity index (χ2n) is 7.00. The van der Waals surface area contributed by atoms with Crippen molar-refractivity contribution in [3.63, 3.8) is 0 Å². The van der Waals surface area contributed by atoms with Crippen LogP contribution in [0.2, 0.25) is 0 Å². The van der Waals surface area contributed by atoms with Gasteiger partial charge in [-0.2, -0.15) is 5.10 Å². The highest BCUT2D eigenvalue weighted by Crippen LogP contribution is 2.19. The van der Waals surface area contributed by atoms with Crippen LogP contribution in [0.5, 0.6) is 0 Å². The molecule has 3 aromatic rings. The van der Waals surface area contributed by atoms with Crippen molar-refractivity contribution in [1.82, 2.24) is 19.6 Å². The average molecular weight is 374 g/mol. The number of hydrogen-bond acceptors (Lipinski definition) is 3. The van der Waals surface area contributed by atoms with Gasteiger partial charge >= 0.3 is 0 Å². The van der Waals surface area contributed by atoms with Gasteiger partial charge < -0.3 is 9.80 Å². The summed E-state index contributed by atoms with van der Waals surface area (Å²) in [5.74, 6) is -0.0563. The Morgan fingerprint density at radius 2 is 1.75 bits per heavy atom. The van der Waals surface area contributed by atoms with E-state index in [1.807, 2.05) is 66.9 Å². The number of aromatic nitrogens is 2. The van der Waals surface area contributed by atoms with Crippen LogP contribution >= 0.6 is 0 Å². The fraction of sp³-hybridized carbons (Fsp3) is 0.227. The van der Waals surface area contributed by atoms with Gasteiger partial charge in [0.2, 0.25) is 11.8 Å². The molecule has 142 valence electrons. The number of carbonyl (C=O) groups is 2. The smallest absolute Gasteiger partial charge is 0.245 e. The molecule has 0 aliphatic carbocycles. The Kier molecular flexibility index (Phi) is 4.93. The molecule has 6 heteroatoms. The molecule has 2 aromatic carbocycles. The van der Waals surface area contributed by atoms with Crippen molar-refractivity contribution in [2.24, 2.45) is 0 Å². The van der Waals surface area contributed by atoms with Gasteiger partial charge in [-0.15, -0.1) is 0 Å². The topological polar surface area (TPSA) is 58.4 Å². The van der Waals surface area contributed by atoms with Gasteiger partial charge in [0, 0.05) is 25.5 Å². The maximum absolute atomic E-state index is 12.8. The van der Waals surface area contributed by atoms with Gasteiger partial charge in [0.25, 0.3) is 0 Å². The van der Waals surface area contributed by atoms with Crippen LogP contribution in [0.15, 0.2) is 73.1 Å². The van der Waals surface area contributed by atoms with Crippen LogP contribution < -0.4 is 0 Å². The molecule has 0 saturated carbocycles. The van der Waals surface area contributed by atoms with Gasteiger partial charge in [-0.25, -0.2) is 4.68 Å². The zero-order valence-electron chi connectivity index (χ0n) is 15.7. The molecule has 0 N–H and O–H groups in total. The lowest BCUT2D eigenvalue weighted by Crippen LogP contribution is -2.57. The summed E-state index contributed by atoms with van der Waals surface area (Å²) in [5.41, 5.74) is 2.92. The van der Waals surface area contributed by atoms with Crippen LogP contribution in [0.3, 0.4) is 0 Å². The Labute approximate surface area is 164 Å². The molecule has 28 heavy (non-hydrogen) atoms. The molecule has 0 bridgehead atoms. The van der Waals surface area contributed by atoms with Crippen LogP contribution in [-0.4, -0.2) is 44.0 Å². The Morgan fingerprint density at radius 1 is 0.964 bits per heavy atom. The number of nitrogens with zero attached hydrogens (tertiary/aromatic N) is 4. The number of rotatable bonds is 5. The Bertz CT molecular complexity index is 969. The summed E-state index contributed by atoms with van der Waals surface area (Å²) in [6, 6.07) is 19.0. The van der Waals surface area contributed by atoms with E-state index >= 15 is 0 Å². The molecule has 2 amide bonds. The third-order valence-corrected chi connectivity index (χ3v) is 5.03. The summed E-state index contributed by atoms with van der Waals surface area (Å²) in [5, 5.41) is 4.24. The SMILES string of the molecule is C[C@@H]1C(=O)N(Cc2ccccc2)CC(=O)N1Cc1cccc(-n2cccn2)c1. The lowest BCUT2D eigenvalue weighted by atomic mass is 10.1. The van der Waals surface area contributed by atoms with Crippen molar-refractivity contribution in [2.75, 3.05) is 6.54 Å². The maximum Gasteiger partial charge on any atom is 0.245 e. The number of hydrogen-bond donors (Lipinski definition) is 0. The van der Waals surface area contributed by atoms with E-state index in [1.54, 1.807) is 27.6 Å². The van der Waals surface area contributed by atoms with Crippen molar-refractivity contribution in [3.8, 4) is 5.69 Å². The first-order chi connectivity index (χ1) is 13.6. The minimum absolute atomic E-state index is 0.0216. The first kappa shape index (κ1) is 18.0. The van der Waals surface area contributed by atoms with Crippen LogP contribution in [0.4, 0.5) is 0 Å². The number of carbonyl (C=O) groups excluding carboxylic acids is 2. The van der Waals surface area contributed by atoms with Crippen molar-refractivity contribution < 1.29 is 9.59 Å². The van der Waals surface area contributed by atoms with E-state index in [9.17, 15) is 9.59 Å².